The molecule has 3 rings (SSSR count). The minimum Gasteiger partial charge on any atom is -0.337 e. The molecule has 116 valence electrons. The lowest BCUT2D eigenvalue weighted by Crippen LogP contribution is -2.27. The molecule has 2 nitrogen and oxygen atoms in total. The first kappa shape index (κ1) is 15.2. The highest BCUT2D eigenvalue weighted by molar-refractivity contribution is 7.14. The van der Waals surface area contributed by atoms with Crippen LogP contribution in [0.2, 0.25) is 0 Å². The number of benzene rings is 1. The number of carbonyl (C=O) groups is 1. The summed E-state index contributed by atoms with van der Waals surface area (Å²) in [5.74, 6) is 0.154. The number of rotatable bonds is 3. The van der Waals surface area contributed by atoms with Gasteiger partial charge in [0.05, 0.1) is 4.88 Å². The fourth-order valence-electron chi connectivity index (χ4n) is 3.11. The predicted molar refractivity (Wildman–Crippen MR) is 88.1 cm³/mol. The second-order valence-corrected chi connectivity index (χ2v) is 7.00. The predicted octanol–water partition coefficient (Wildman–Crippen LogP) is 4.39. The van der Waals surface area contributed by atoms with Gasteiger partial charge in [-0.05, 0) is 49.1 Å². The van der Waals surface area contributed by atoms with Crippen molar-refractivity contribution in [3.63, 3.8) is 0 Å². The van der Waals surface area contributed by atoms with Gasteiger partial charge in [0.25, 0.3) is 5.91 Å². The molecule has 22 heavy (non-hydrogen) atoms. The van der Waals surface area contributed by atoms with Crippen molar-refractivity contribution in [2.24, 2.45) is 0 Å². The highest BCUT2D eigenvalue weighted by Gasteiger charge is 2.29. The van der Waals surface area contributed by atoms with Crippen molar-refractivity contribution in [3.05, 3.63) is 57.0 Å². The van der Waals surface area contributed by atoms with Crippen LogP contribution in [0, 0.1) is 12.7 Å². The van der Waals surface area contributed by atoms with Crippen molar-refractivity contribution in [3.8, 4) is 0 Å². The topological polar surface area (TPSA) is 20.3 Å². The van der Waals surface area contributed by atoms with Crippen LogP contribution < -0.4 is 0 Å². The summed E-state index contributed by atoms with van der Waals surface area (Å²) in [5.41, 5.74) is 2.20. The molecule has 1 amide bonds. The minimum absolute atomic E-state index is 0.117. The van der Waals surface area contributed by atoms with E-state index in [-0.39, 0.29) is 17.6 Å². The average molecular weight is 317 g/mol. The summed E-state index contributed by atoms with van der Waals surface area (Å²) in [7, 11) is 0. The van der Waals surface area contributed by atoms with E-state index >= 15 is 0 Å². The van der Waals surface area contributed by atoms with Gasteiger partial charge in [-0.25, -0.2) is 4.39 Å². The molecule has 1 aliphatic heterocycles. The van der Waals surface area contributed by atoms with Gasteiger partial charge in [-0.15, -0.1) is 11.3 Å². The SMILES string of the molecule is CCc1sc(C(=O)N2CCC(c3cccc(F)c3)C2)cc1C. The van der Waals surface area contributed by atoms with Crippen molar-refractivity contribution in [2.45, 2.75) is 32.6 Å². The zero-order chi connectivity index (χ0) is 15.7. The number of halogens is 1. The lowest BCUT2D eigenvalue weighted by atomic mass is 9.98. The molecule has 0 N–H and O–H groups in total. The number of thiophene rings is 1. The van der Waals surface area contributed by atoms with Crippen molar-refractivity contribution in [2.75, 3.05) is 13.1 Å². The Kier molecular flexibility index (Phi) is 4.30. The van der Waals surface area contributed by atoms with E-state index in [1.807, 2.05) is 17.0 Å². The first-order chi connectivity index (χ1) is 10.6. The summed E-state index contributed by atoms with van der Waals surface area (Å²) in [6.07, 6.45) is 1.87. The molecule has 1 atom stereocenters. The van der Waals surface area contributed by atoms with E-state index in [4.69, 9.17) is 0 Å². The molecular weight excluding hydrogens is 297 g/mol. The van der Waals surface area contributed by atoms with E-state index < -0.39 is 0 Å². The van der Waals surface area contributed by atoms with Crippen LogP contribution >= 0.6 is 11.3 Å². The van der Waals surface area contributed by atoms with Crippen LogP contribution in [0.25, 0.3) is 0 Å². The van der Waals surface area contributed by atoms with E-state index in [2.05, 4.69) is 13.8 Å². The molecular formula is C18H20FNOS. The fourth-order valence-corrected chi connectivity index (χ4v) is 4.19. The first-order valence-corrected chi connectivity index (χ1v) is 8.54. The fraction of sp³-hybridized carbons (Fsp3) is 0.389. The van der Waals surface area contributed by atoms with Crippen LogP contribution in [-0.4, -0.2) is 23.9 Å². The average Bonchev–Trinajstić information content (AvgIpc) is 3.13. The largest absolute Gasteiger partial charge is 0.337 e. The van der Waals surface area contributed by atoms with Gasteiger partial charge in [-0.2, -0.15) is 0 Å². The summed E-state index contributed by atoms with van der Waals surface area (Å²) in [5, 5.41) is 0. The van der Waals surface area contributed by atoms with E-state index in [0.29, 0.717) is 6.54 Å². The maximum atomic E-state index is 13.3. The third-order valence-corrected chi connectivity index (χ3v) is 5.72. The van der Waals surface area contributed by atoms with Crippen LogP contribution in [0.5, 0.6) is 0 Å². The highest BCUT2D eigenvalue weighted by atomic mass is 32.1. The third kappa shape index (κ3) is 2.93. The van der Waals surface area contributed by atoms with Crippen LogP contribution in [0.1, 0.15) is 44.9 Å². The van der Waals surface area contributed by atoms with Gasteiger partial charge in [-0.1, -0.05) is 19.1 Å². The Bertz CT molecular complexity index is 694. The maximum Gasteiger partial charge on any atom is 0.263 e. The molecule has 4 heteroatoms. The summed E-state index contributed by atoms with van der Waals surface area (Å²) in [4.78, 5) is 16.6. The summed E-state index contributed by atoms with van der Waals surface area (Å²) in [6, 6.07) is 8.74. The van der Waals surface area contributed by atoms with Crippen LogP contribution in [0.15, 0.2) is 30.3 Å². The lowest BCUT2D eigenvalue weighted by molar-refractivity contribution is 0.0795. The molecule has 0 aliphatic carbocycles. The molecule has 1 saturated heterocycles. The third-order valence-electron chi connectivity index (χ3n) is 4.35. The molecule has 0 bridgehead atoms. The zero-order valence-corrected chi connectivity index (χ0v) is 13.8. The minimum atomic E-state index is -0.205. The number of hydrogen-bond donors (Lipinski definition) is 0. The van der Waals surface area contributed by atoms with Crippen molar-refractivity contribution in [1.29, 1.82) is 0 Å². The van der Waals surface area contributed by atoms with Gasteiger partial charge in [0.1, 0.15) is 5.82 Å². The Balaban J connectivity index is 1.73. The second-order valence-electron chi connectivity index (χ2n) is 5.86. The van der Waals surface area contributed by atoms with E-state index in [1.54, 1.807) is 23.5 Å². The maximum absolute atomic E-state index is 13.3. The molecule has 2 aromatic rings. The Morgan fingerprint density at radius 3 is 2.91 bits per heavy atom. The smallest absolute Gasteiger partial charge is 0.263 e. The molecule has 1 aromatic carbocycles. The number of amides is 1. The van der Waals surface area contributed by atoms with Gasteiger partial charge >= 0.3 is 0 Å². The lowest BCUT2D eigenvalue weighted by Gasteiger charge is -2.15. The Hall–Kier alpha value is -1.68. The summed E-state index contributed by atoms with van der Waals surface area (Å²) >= 11 is 1.60. The van der Waals surface area contributed by atoms with Crippen LogP contribution in [0.4, 0.5) is 4.39 Å². The van der Waals surface area contributed by atoms with E-state index in [9.17, 15) is 9.18 Å². The summed E-state index contributed by atoms with van der Waals surface area (Å²) < 4.78 is 13.3. The quantitative estimate of drug-likeness (QED) is 0.822. The molecule has 1 fully saturated rings. The Morgan fingerprint density at radius 1 is 1.41 bits per heavy atom. The second kappa shape index (κ2) is 6.21. The number of hydrogen-bond acceptors (Lipinski definition) is 2. The number of nitrogens with zero attached hydrogens (tertiary/aromatic N) is 1. The molecule has 0 spiro atoms. The Morgan fingerprint density at radius 2 is 2.23 bits per heavy atom. The van der Waals surface area contributed by atoms with Crippen molar-refractivity contribution in [1.82, 2.24) is 4.90 Å². The number of likely N-dealkylation sites (tertiary alicyclic amines) is 1. The first-order valence-electron chi connectivity index (χ1n) is 7.72. The van der Waals surface area contributed by atoms with Crippen LogP contribution in [-0.2, 0) is 6.42 Å². The van der Waals surface area contributed by atoms with E-state index in [1.165, 1.54) is 16.5 Å². The van der Waals surface area contributed by atoms with E-state index in [0.717, 1.165) is 29.8 Å². The molecule has 1 unspecified atom stereocenters. The molecule has 0 saturated carbocycles. The van der Waals surface area contributed by atoms with Gasteiger partial charge in [0.15, 0.2) is 0 Å². The summed E-state index contributed by atoms with van der Waals surface area (Å²) in [6.45, 7) is 5.60. The zero-order valence-electron chi connectivity index (χ0n) is 12.9. The Labute approximate surface area is 134 Å². The van der Waals surface area contributed by atoms with Gasteiger partial charge in [0, 0.05) is 23.9 Å². The van der Waals surface area contributed by atoms with Gasteiger partial charge in [-0.3, -0.25) is 4.79 Å². The van der Waals surface area contributed by atoms with Crippen molar-refractivity contribution >= 4 is 17.2 Å². The molecule has 1 aromatic heterocycles. The molecule has 1 aliphatic rings. The van der Waals surface area contributed by atoms with Crippen molar-refractivity contribution < 1.29 is 9.18 Å². The normalized spacial score (nSPS) is 18.0. The van der Waals surface area contributed by atoms with Gasteiger partial charge < -0.3 is 4.90 Å². The van der Waals surface area contributed by atoms with Crippen LogP contribution in [0.3, 0.4) is 0 Å². The van der Waals surface area contributed by atoms with Gasteiger partial charge in [0.2, 0.25) is 0 Å². The standard InChI is InChI=1S/C18H20FNOS/c1-3-16-12(2)9-17(22-16)18(21)20-8-7-14(11-20)13-5-4-6-15(19)10-13/h4-6,9-10,14H,3,7-8,11H2,1-2H3. The monoisotopic (exact) mass is 317 g/mol. The molecule has 0 radical (unpaired) electrons. The number of carbonyl (C=O) groups excluding carboxylic acids is 1. The highest BCUT2D eigenvalue weighted by Crippen LogP contribution is 2.30. The molecule has 2 heterocycles. The number of aryl methyl sites for hydroxylation is 2.